The number of likely N-dealkylation sites (N-methyl/N-ethyl adjacent to an activating group) is 1. The van der Waals surface area contributed by atoms with E-state index in [1.165, 1.54) is 32.1 Å². The topological polar surface area (TPSA) is 23.6 Å². The second-order valence-electron chi connectivity index (χ2n) is 8.07. The molecule has 0 radical (unpaired) electrons. The van der Waals surface area contributed by atoms with Crippen molar-refractivity contribution in [3.05, 3.63) is 0 Å². The van der Waals surface area contributed by atoms with Crippen LogP contribution in [0.2, 0.25) is 0 Å². The minimum atomic E-state index is 0.0469. The summed E-state index contributed by atoms with van der Waals surface area (Å²) in [4.78, 5) is 17.5. The van der Waals surface area contributed by atoms with Gasteiger partial charge in [0.15, 0.2) is 0 Å². The lowest BCUT2D eigenvalue weighted by Gasteiger charge is -2.40. The zero-order chi connectivity index (χ0) is 14.4. The summed E-state index contributed by atoms with van der Waals surface area (Å²) in [5.74, 6) is 3.38. The lowest BCUT2D eigenvalue weighted by Crippen LogP contribution is -2.52. The van der Waals surface area contributed by atoms with E-state index < -0.39 is 0 Å². The van der Waals surface area contributed by atoms with E-state index in [9.17, 15) is 4.79 Å². The highest BCUT2D eigenvalue weighted by Crippen LogP contribution is 2.47. The Kier molecular flexibility index (Phi) is 3.83. The summed E-state index contributed by atoms with van der Waals surface area (Å²) in [7, 11) is 4.09. The first kappa shape index (κ1) is 14.4. The molecule has 2 aliphatic heterocycles. The van der Waals surface area contributed by atoms with Crippen molar-refractivity contribution in [1.29, 1.82) is 0 Å². The highest BCUT2D eigenvalue weighted by molar-refractivity contribution is 5.82. The number of carbonyl (C=O) groups is 1. The lowest BCUT2D eigenvalue weighted by atomic mass is 9.68. The molecule has 2 saturated heterocycles. The van der Waals surface area contributed by atoms with Crippen molar-refractivity contribution in [2.75, 3.05) is 20.6 Å². The largest absolute Gasteiger partial charge is 0.338 e. The van der Waals surface area contributed by atoms with E-state index in [1.807, 2.05) is 14.1 Å². The maximum Gasteiger partial charge on any atom is 0.240 e. The van der Waals surface area contributed by atoms with Crippen molar-refractivity contribution in [1.82, 2.24) is 9.80 Å². The van der Waals surface area contributed by atoms with Crippen LogP contribution in [0.4, 0.5) is 0 Å². The van der Waals surface area contributed by atoms with Crippen LogP contribution in [0, 0.1) is 23.7 Å². The SMILES string of the molecule is CC(C)C(C(=O)N1CC2CC3CC(C2)CC1C3)N(C)C. The summed E-state index contributed by atoms with van der Waals surface area (Å²) in [5, 5.41) is 0. The van der Waals surface area contributed by atoms with Crippen LogP contribution in [0.1, 0.15) is 46.0 Å². The van der Waals surface area contributed by atoms with Gasteiger partial charge in [0.1, 0.15) is 0 Å². The van der Waals surface area contributed by atoms with E-state index in [0.29, 0.717) is 17.9 Å². The van der Waals surface area contributed by atoms with E-state index in [1.54, 1.807) is 0 Å². The number of hydrogen-bond donors (Lipinski definition) is 0. The van der Waals surface area contributed by atoms with Crippen molar-refractivity contribution in [2.24, 2.45) is 23.7 Å². The summed E-state index contributed by atoms with van der Waals surface area (Å²) in [6, 6.07) is 0.589. The smallest absolute Gasteiger partial charge is 0.240 e. The number of carbonyl (C=O) groups excluding carboxylic acids is 1. The Morgan fingerprint density at radius 3 is 2.05 bits per heavy atom. The first-order chi connectivity index (χ1) is 9.45. The zero-order valence-corrected chi connectivity index (χ0v) is 13.5. The van der Waals surface area contributed by atoms with E-state index in [4.69, 9.17) is 0 Å². The van der Waals surface area contributed by atoms with Crippen LogP contribution in [0.15, 0.2) is 0 Å². The number of rotatable bonds is 3. The predicted octanol–water partition coefficient (Wildman–Crippen LogP) is 2.61. The van der Waals surface area contributed by atoms with Gasteiger partial charge >= 0.3 is 0 Å². The van der Waals surface area contributed by atoms with Crippen LogP contribution in [0.3, 0.4) is 0 Å². The van der Waals surface area contributed by atoms with Crippen LogP contribution in [-0.2, 0) is 4.79 Å². The Bertz CT molecular complexity index is 357. The van der Waals surface area contributed by atoms with Crippen LogP contribution >= 0.6 is 0 Å². The van der Waals surface area contributed by atoms with Gasteiger partial charge in [-0.15, -0.1) is 0 Å². The van der Waals surface area contributed by atoms with Gasteiger partial charge in [-0.3, -0.25) is 9.69 Å². The van der Waals surface area contributed by atoms with Gasteiger partial charge in [0.2, 0.25) is 5.91 Å². The molecule has 0 spiro atoms. The minimum absolute atomic E-state index is 0.0469. The molecule has 0 aromatic rings. The van der Waals surface area contributed by atoms with Crippen molar-refractivity contribution < 1.29 is 4.79 Å². The number of fused-ring (bicyclic) bond motifs is 1. The fourth-order valence-electron chi connectivity index (χ4n) is 5.33. The Labute approximate surface area is 123 Å². The average molecular weight is 278 g/mol. The summed E-state index contributed by atoms with van der Waals surface area (Å²) < 4.78 is 0. The molecule has 3 atom stereocenters. The molecule has 0 aromatic carbocycles. The van der Waals surface area contributed by atoms with Gasteiger partial charge in [0.05, 0.1) is 6.04 Å². The Balaban J connectivity index is 1.81. The second-order valence-corrected chi connectivity index (χ2v) is 8.07. The number of hydrogen-bond acceptors (Lipinski definition) is 2. The van der Waals surface area contributed by atoms with Crippen molar-refractivity contribution in [2.45, 2.75) is 58.0 Å². The van der Waals surface area contributed by atoms with Crippen LogP contribution < -0.4 is 0 Å². The van der Waals surface area contributed by atoms with Gasteiger partial charge in [-0.25, -0.2) is 0 Å². The highest BCUT2D eigenvalue weighted by Gasteiger charge is 2.45. The third-order valence-corrected chi connectivity index (χ3v) is 5.83. The van der Waals surface area contributed by atoms with Crippen molar-refractivity contribution >= 4 is 5.91 Å². The molecule has 0 aromatic heterocycles. The van der Waals surface area contributed by atoms with Crippen LogP contribution in [0.25, 0.3) is 0 Å². The normalized spacial score (nSPS) is 37.6. The lowest BCUT2D eigenvalue weighted by molar-refractivity contribution is -0.140. The molecule has 4 aliphatic rings. The third-order valence-electron chi connectivity index (χ3n) is 5.83. The van der Waals surface area contributed by atoms with Gasteiger partial charge in [-0.05, 0) is 69.9 Å². The molecule has 3 unspecified atom stereocenters. The predicted molar refractivity (Wildman–Crippen MR) is 81.4 cm³/mol. The standard InChI is InChI=1S/C17H30N2O/c1-11(2)16(18(3)4)17(20)19-10-14-6-12-5-13(7-14)9-15(19)8-12/h11-16H,5-10H2,1-4H3. The van der Waals surface area contributed by atoms with E-state index in [0.717, 1.165) is 24.3 Å². The molecule has 114 valence electrons. The van der Waals surface area contributed by atoms with E-state index >= 15 is 0 Å². The van der Waals surface area contributed by atoms with Gasteiger partial charge in [-0.1, -0.05) is 13.8 Å². The van der Waals surface area contributed by atoms with Gasteiger partial charge in [0.25, 0.3) is 0 Å². The summed E-state index contributed by atoms with van der Waals surface area (Å²) in [5.41, 5.74) is 0. The molecule has 2 aliphatic carbocycles. The Morgan fingerprint density at radius 2 is 1.55 bits per heavy atom. The minimum Gasteiger partial charge on any atom is -0.338 e. The summed E-state index contributed by atoms with van der Waals surface area (Å²) in [6.07, 6.45) is 6.75. The molecule has 4 fully saturated rings. The molecule has 4 rings (SSSR count). The maximum atomic E-state index is 13.1. The van der Waals surface area contributed by atoms with Gasteiger partial charge < -0.3 is 4.90 Å². The second kappa shape index (κ2) is 5.32. The zero-order valence-electron chi connectivity index (χ0n) is 13.5. The number of nitrogens with zero attached hydrogens (tertiary/aromatic N) is 2. The number of amides is 1. The van der Waals surface area contributed by atoms with E-state index in [-0.39, 0.29) is 6.04 Å². The third kappa shape index (κ3) is 2.49. The Hall–Kier alpha value is -0.570. The quantitative estimate of drug-likeness (QED) is 0.792. The first-order valence-corrected chi connectivity index (χ1v) is 8.42. The molecule has 2 heterocycles. The molecule has 4 bridgehead atoms. The molecule has 2 saturated carbocycles. The maximum absolute atomic E-state index is 13.1. The van der Waals surface area contributed by atoms with Gasteiger partial charge in [-0.2, -0.15) is 0 Å². The van der Waals surface area contributed by atoms with Crippen LogP contribution in [-0.4, -0.2) is 48.4 Å². The van der Waals surface area contributed by atoms with E-state index in [2.05, 4.69) is 23.6 Å². The summed E-state index contributed by atoms with van der Waals surface area (Å²) in [6.45, 7) is 5.38. The average Bonchev–Trinajstić information content (AvgIpc) is 2.52. The fraction of sp³-hybridized carbons (Fsp3) is 0.941. The first-order valence-electron chi connectivity index (χ1n) is 8.42. The molecular formula is C17H30N2O. The van der Waals surface area contributed by atoms with Crippen LogP contribution in [0.5, 0.6) is 0 Å². The molecule has 1 amide bonds. The molecule has 0 N–H and O–H groups in total. The molecule has 3 nitrogen and oxygen atoms in total. The van der Waals surface area contributed by atoms with Crippen molar-refractivity contribution in [3.63, 3.8) is 0 Å². The molecular weight excluding hydrogens is 248 g/mol. The highest BCUT2D eigenvalue weighted by atomic mass is 16.2. The Morgan fingerprint density at radius 1 is 1.00 bits per heavy atom. The fourth-order valence-corrected chi connectivity index (χ4v) is 5.33. The van der Waals surface area contributed by atoms with Gasteiger partial charge in [0, 0.05) is 12.6 Å². The monoisotopic (exact) mass is 278 g/mol. The molecule has 20 heavy (non-hydrogen) atoms. The van der Waals surface area contributed by atoms with Crippen molar-refractivity contribution in [3.8, 4) is 0 Å². The molecule has 3 heteroatoms. The summed E-state index contributed by atoms with van der Waals surface area (Å²) >= 11 is 0.